The molecule has 2 amide bonds. The van der Waals surface area contributed by atoms with Gasteiger partial charge in [0.25, 0.3) is 11.1 Å². The molecule has 33 heavy (non-hydrogen) atoms. The standard InChI is InChI=1S/C26H25ClN2O3S/c1-16-8-7-10-22(18(16)3)29-17(2)14-20(19(29)4)15-24-25(30)28(26(31)33-24)12-13-32-23-11-6-5-9-21(23)27/h5-11,14-15H,12-13H2,1-4H3/b24-15-. The van der Waals surface area contributed by atoms with E-state index >= 15 is 0 Å². The summed E-state index contributed by atoms with van der Waals surface area (Å²) in [5.41, 5.74) is 6.57. The van der Waals surface area contributed by atoms with Gasteiger partial charge in [0.05, 0.1) is 16.5 Å². The van der Waals surface area contributed by atoms with Crippen LogP contribution in [0, 0.1) is 27.7 Å². The molecule has 1 saturated heterocycles. The molecule has 4 rings (SSSR count). The molecule has 1 aliphatic rings. The Balaban J connectivity index is 1.53. The van der Waals surface area contributed by atoms with Crippen molar-refractivity contribution in [1.82, 2.24) is 9.47 Å². The normalized spacial score (nSPS) is 15.1. The zero-order chi connectivity index (χ0) is 23.7. The first-order valence-electron chi connectivity index (χ1n) is 10.7. The van der Waals surface area contributed by atoms with Crippen LogP contribution in [-0.4, -0.2) is 33.8 Å². The van der Waals surface area contributed by atoms with Crippen LogP contribution in [-0.2, 0) is 4.79 Å². The largest absolute Gasteiger partial charge is 0.490 e. The zero-order valence-electron chi connectivity index (χ0n) is 19.0. The monoisotopic (exact) mass is 480 g/mol. The number of hydrogen-bond acceptors (Lipinski definition) is 4. The van der Waals surface area contributed by atoms with Crippen LogP contribution in [0.2, 0.25) is 5.02 Å². The van der Waals surface area contributed by atoms with E-state index in [9.17, 15) is 9.59 Å². The first kappa shape index (κ1) is 23.2. The van der Waals surface area contributed by atoms with Crippen molar-refractivity contribution < 1.29 is 14.3 Å². The van der Waals surface area contributed by atoms with Gasteiger partial charge in [0.1, 0.15) is 12.4 Å². The minimum Gasteiger partial charge on any atom is -0.490 e. The highest BCUT2D eigenvalue weighted by atomic mass is 35.5. The Kier molecular flexibility index (Phi) is 6.68. The van der Waals surface area contributed by atoms with Crippen molar-refractivity contribution in [3.63, 3.8) is 0 Å². The lowest BCUT2D eigenvalue weighted by molar-refractivity contribution is -0.123. The highest BCUT2D eigenvalue weighted by Crippen LogP contribution is 2.34. The van der Waals surface area contributed by atoms with Gasteiger partial charge in [-0.1, -0.05) is 35.9 Å². The van der Waals surface area contributed by atoms with Crippen LogP contribution in [0.25, 0.3) is 11.8 Å². The summed E-state index contributed by atoms with van der Waals surface area (Å²) >= 11 is 7.05. The number of carbonyl (C=O) groups excluding carboxylic acids is 2. The summed E-state index contributed by atoms with van der Waals surface area (Å²) in [7, 11) is 0. The molecule has 0 atom stereocenters. The van der Waals surface area contributed by atoms with Gasteiger partial charge in [-0.3, -0.25) is 14.5 Å². The first-order valence-corrected chi connectivity index (χ1v) is 11.9. The van der Waals surface area contributed by atoms with E-state index in [4.69, 9.17) is 16.3 Å². The van der Waals surface area contributed by atoms with Crippen LogP contribution < -0.4 is 4.74 Å². The summed E-state index contributed by atoms with van der Waals surface area (Å²) in [6.07, 6.45) is 1.81. The maximum atomic E-state index is 12.9. The van der Waals surface area contributed by atoms with Crippen molar-refractivity contribution in [3.8, 4) is 11.4 Å². The third kappa shape index (κ3) is 4.59. The average Bonchev–Trinajstić information content (AvgIpc) is 3.20. The summed E-state index contributed by atoms with van der Waals surface area (Å²) in [5.74, 6) is 0.227. The van der Waals surface area contributed by atoms with Crippen LogP contribution in [0.3, 0.4) is 0 Å². The molecule has 0 aliphatic carbocycles. The number of ether oxygens (including phenoxy) is 1. The van der Waals surface area contributed by atoms with Crippen molar-refractivity contribution in [2.75, 3.05) is 13.2 Å². The first-order chi connectivity index (χ1) is 15.8. The van der Waals surface area contributed by atoms with E-state index in [-0.39, 0.29) is 24.3 Å². The summed E-state index contributed by atoms with van der Waals surface area (Å²) in [5, 5.41) is 0.197. The van der Waals surface area contributed by atoms with E-state index in [1.165, 1.54) is 16.0 Å². The number of hydrogen-bond donors (Lipinski definition) is 0. The summed E-state index contributed by atoms with van der Waals surface area (Å²) in [6.45, 7) is 8.62. The Morgan fingerprint density at radius 3 is 2.55 bits per heavy atom. The number of rotatable bonds is 6. The van der Waals surface area contributed by atoms with E-state index < -0.39 is 0 Å². The van der Waals surface area contributed by atoms with Gasteiger partial charge in [-0.05, 0) is 86.5 Å². The fraction of sp³-hybridized carbons (Fsp3) is 0.231. The topological polar surface area (TPSA) is 51.5 Å². The molecule has 0 spiro atoms. The molecule has 0 saturated carbocycles. The van der Waals surface area contributed by atoms with Crippen LogP contribution in [0.1, 0.15) is 28.1 Å². The second kappa shape index (κ2) is 9.49. The van der Waals surface area contributed by atoms with Gasteiger partial charge in [0.2, 0.25) is 0 Å². The smallest absolute Gasteiger partial charge is 0.293 e. The predicted molar refractivity (Wildman–Crippen MR) is 134 cm³/mol. The molecule has 1 fully saturated rings. The molecule has 7 heteroatoms. The van der Waals surface area contributed by atoms with E-state index in [0.717, 1.165) is 34.4 Å². The minimum atomic E-state index is -0.302. The molecule has 0 radical (unpaired) electrons. The summed E-state index contributed by atoms with van der Waals surface area (Å²) in [4.78, 5) is 27.1. The van der Waals surface area contributed by atoms with Crippen LogP contribution in [0.15, 0.2) is 53.4 Å². The Hall–Kier alpha value is -2.96. The van der Waals surface area contributed by atoms with Gasteiger partial charge < -0.3 is 9.30 Å². The Bertz CT molecular complexity index is 1280. The molecule has 5 nitrogen and oxygen atoms in total. The summed E-state index contributed by atoms with van der Waals surface area (Å²) in [6, 6.07) is 15.4. The molecule has 0 N–H and O–H groups in total. The van der Waals surface area contributed by atoms with Crippen molar-refractivity contribution in [3.05, 3.63) is 86.5 Å². The highest BCUT2D eigenvalue weighted by molar-refractivity contribution is 8.18. The molecule has 3 aromatic rings. The Labute approximate surface area is 203 Å². The maximum Gasteiger partial charge on any atom is 0.293 e. The number of carbonyl (C=O) groups is 2. The fourth-order valence-electron chi connectivity index (χ4n) is 3.92. The lowest BCUT2D eigenvalue weighted by atomic mass is 10.1. The van der Waals surface area contributed by atoms with Gasteiger partial charge in [0.15, 0.2) is 0 Å². The molecular weight excluding hydrogens is 456 g/mol. The number of nitrogens with zero attached hydrogens (tertiary/aromatic N) is 2. The van der Waals surface area contributed by atoms with Gasteiger partial charge >= 0.3 is 0 Å². The van der Waals surface area contributed by atoms with E-state index in [0.29, 0.717) is 15.7 Å². The number of aryl methyl sites for hydroxylation is 2. The molecule has 170 valence electrons. The molecule has 0 bridgehead atoms. The molecule has 1 aliphatic heterocycles. The molecule has 1 aromatic heterocycles. The lowest BCUT2D eigenvalue weighted by Gasteiger charge is -2.14. The molecule has 0 unspecified atom stereocenters. The van der Waals surface area contributed by atoms with Gasteiger partial charge in [-0.25, -0.2) is 0 Å². The van der Waals surface area contributed by atoms with Crippen LogP contribution in [0.4, 0.5) is 4.79 Å². The van der Waals surface area contributed by atoms with E-state index in [1.54, 1.807) is 12.1 Å². The number of benzene rings is 2. The SMILES string of the molecule is Cc1cccc(-n2c(C)cc(/C=C3\SC(=O)N(CCOc4ccccc4Cl)C3=O)c2C)c1C. The second-order valence-electron chi connectivity index (χ2n) is 7.99. The van der Waals surface area contributed by atoms with E-state index in [1.807, 2.05) is 44.2 Å². The van der Waals surface area contributed by atoms with Gasteiger partial charge in [0, 0.05) is 17.1 Å². The Morgan fingerprint density at radius 1 is 1.03 bits per heavy atom. The number of halogens is 1. The number of para-hydroxylation sites is 1. The zero-order valence-corrected chi connectivity index (χ0v) is 20.6. The van der Waals surface area contributed by atoms with Gasteiger partial charge in [-0.15, -0.1) is 0 Å². The van der Waals surface area contributed by atoms with E-state index in [2.05, 4.69) is 30.5 Å². The van der Waals surface area contributed by atoms with Crippen molar-refractivity contribution >= 4 is 40.6 Å². The number of aromatic nitrogens is 1. The third-order valence-corrected chi connectivity index (χ3v) is 7.08. The van der Waals surface area contributed by atoms with Crippen LogP contribution in [0.5, 0.6) is 5.75 Å². The molecule has 2 heterocycles. The average molecular weight is 481 g/mol. The van der Waals surface area contributed by atoms with Crippen LogP contribution >= 0.6 is 23.4 Å². The number of amides is 2. The molecule has 2 aromatic carbocycles. The fourth-order valence-corrected chi connectivity index (χ4v) is 4.97. The van der Waals surface area contributed by atoms with Gasteiger partial charge in [-0.2, -0.15) is 0 Å². The lowest BCUT2D eigenvalue weighted by Crippen LogP contribution is -2.32. The quantitative estimate of drug-likeness (QED) is 0.379. The second-order valence-corrected chi connectivity index (χ2v) is 9.39. The van der Waals surface area contributed by atoms with Crippen molar-refractivity contribution in [2.45, 2.75) is 27.7 Å². The third-order valence-electron chi connectivity index (χ3n) is 5.86. The van der Waals surface area contributed by atoms with Crippen molar-refractivity contribution in [1.29, 1.82) is 0 Å². The Morgan fingerprint density at radius 2 is 1.79 bits per heavy atom. The number of thioether (sulfide) groups is 1. The summed E-state index contributed by atoms with van der Waals surface area (Å²) < 4.78 is 7.84. The number of imide groups is 1. The molecular formula is C26H25ClN2O3S. The maximum absolute atomic E-state index is 12.9. The van der Waals surface area contributed by atoms with Crippen molar-refractivity contribution in [2.24, 2.45) is 0 Å². The predicted octanol–water partition coefficient (Wildman–Crippen LogP) is 6.48. The minimum absolute atomic E-state index is 0.161. The highest BCUT2D eigenvalue weighted by Gasteiger charge is 2.35.